The van der Waals surface area contributed by atoms with Crippen LogP contribution < -0.4 is 8.92 Å². The molecule has 1 aromatic carbocycles. The van der Waals surface area contributed by atoms with Crippen molar-refractivity contribution in [3.63, 3.8) is 0 Å². The monoisotopic (exact) mass is 379 g/mol. The quantitative estimate of drug-likeness (QED) is 0.567. The van der Waals surface area contributed by atoms with Gasteiger partial charge in [-0.05, 0) is 38.1 Å². The van der Waals surface area contributed by atoms with Crippen LogP contribution in [0.4, 0.5) is 13.2 Å². The van der Waals surface area contributed by atoms with Gasteiger partial charge in [0.1, 0.15) is 24.2 Å². The van der Waals surface area contributed by atoms with E-state index in [0.717, 1.165) is 25.9 Å². The van der Waals surface area contributed by atoms with Crippen LogP contribution in [-0.4, -0.2) is 45.1 Å². The molecule has 0 atom stereocenters. The minimum Gasteiger partial charge on any atom is -0.492 e. The van der Waals surface area contributed by atoms with Crippen LogP contribution in [0.3, 0.4) is 0 Å². The molecule has 0 N–H and O–H groups in total. The van der Waals surface area contributed by atoms with E-state index in [1.807, 2.05) is 0 Å². The first-order chi connectivity index (χ1) is 11.8. The van der Waals surface area contributed by atoms with E-state index in [1.165, 1.54) is 31.0 Å². The highest BCUT2D eigenvalue weighted by atomic mass is 32.2. The standard InChI is InChI=1S/C15H16F3NO5S/c16-15(17,18)25(20,21)24-14-10-23-13-9-11(3-4-12(13)14)22-8-7-19-5-1-2-6-19/h3-4,9-10H,1-2,5-8H2. The third-order valence-corrected chi connectivity index (χ3v) is 4.84. The van der Waals surface area contributed by atoms with Gasteiger partial charge in [0.05, 0.1) is 5.39 Å². The highest BCUT2D eigenvalue weighted by Gasteiger charge is 2.49. The van der Waals surface area contributed by atoms with Crippen molar-refractivity contribution < 1.29 is 34.9 Å². The number of halogens is 3. The van der Waals surface area contributed by atoms with E-state index < -0.39 is 21.4 Å². The maximum atomic E-state index is 12.4. The Morgan fingerprint density at radius 3 is 2.60 bits per heavy atom. The highest BCUT2D eigenvalue weighted by Crippen LogP contribution is 2.34. The Bertz CT molecular complexity index is 840. The number of hydrogen-bond donors (Lipinski definition) is 0. The molecule has 25 heavy (non-hydrogen) atoms. The number of fused-ring (bicyclic) bond motifs is 1. The van der Waals surface area contributed by atoms with Gasteiger partial charge in [-0.1, -0.05) is 0 Å². The van der Waals surface area contributed by atoms with E-state index in [0.29, 0.717) is 12.4 Å². The zero-order chi connectivity index (χ0) is 18.1. The van der Waals surface area contributed by atoms with Gasteiger partial charge >= 0.3 is 15.6 Å². The smallest absolute Gasteiger partial charge is 0.492 e. The van der Waals surface area contributed by atoms with Crippen LogP contribution in [0.5, 0.6) is 11.5 Å². The second-order valence-electron chi connectivity index (χ2n) is 5.64. The molecule has 0 amide bonds. The van der Waals surface area contributed by atoms with E-state index in [1.54, 1.807) is 0 Å². The fourth-order valence-corrected chi connectivity index (χ4v) is 3.06. The predicted molar refractivity (Wildman–Crippen MR) is 83.0 cm³/mol. The molecule has 1 aromatic heterocycles. The maximum Gasteiger partial charge on any atom is 0.534 e. The molecule has 1 fully saturated rings. The molecule has 0 saturated carbocycles. The zero-order valence-electron chi connectivity index (χ0n) is 13.1. The molecule has 2 heterocycles. The molecule has 0 spiro atoms. The Hall–Kier alpha value is -1.94. The summed E-state index contributed by atoms with van der Waals surface area (Å²) in [6.45, 7) is 3.36. The molecular weight excluding hydrogens is 363 g/mol. The van der Waals surface area contributed by atoms with Crippen LogP contribution in [0.25, 0.3) is 11.0 Å². The Balaban J connectivity index is 1.68. The average molecular weight is 379 g/mol. The Morgan fingerprint density at radius 2 is 1.92 bits per heavy atom. The summed E-state index contributed by atoms with van der Waals surface area (Å²) >= 11 is 0. The number of hydrogen-bond acceptors (Lipinski definition) is 6. The van der Waals surface area contributed by atoms with E-state index >= 15 is 0 Å². The molecule has 1 aliphatic rings. The van der Waals surface area contributed by atoms with Gasteiger partial charge in [-0.25, -0.2) is 0 Å². The molecule has 0 unspecified atom stereocenters. The normalized spacial score (nSPS) is 16.4. The molecular formula is C15H16F3NO5S. The molecule has 3 rings (SSSR count). The van der Waals surface area contributed by atoms with Crippen LogP contribution in [0, 0.1) is 0 Å². The lowest BCUT2D eigenvalue weighted by molar-refractivity contribution is -0.0499. The van der Waals surface area contributed by atoms with Crippen molar-refractivity contribution in [2.75, 3.05) is 26.2 Å². The Kier molecular flexibility index (Phi) is 4.83. The number of rotatable bonds is 6. The van der Waals surface area contributed by atoms with Gasteiger partial charge in [0.25, 0.3) is 0 Å². The Labute approximate surface area is 142 Å². The summed E-state index contributed by atoms with van der Waals surface area (Å²) in [6.07, 6.45) is 3.19. The van der Waals surface area contributed by atoms with Gasteiger partial charge in [0.15, 0.2) is 5.75 Å². The first-order valence-corrected chi connectivity index (χ1v) is 9.04. The first-order valence-electron chi connectivity index (χ1n) is 7.63. The maximum absolute atomic E-state index is 12.4. The summed E-state index contributed by atoms with van der Waals surface area (Å²) in [7, 11) is -5.74. The van der Waals surface area contributed by atoms with Crippen molar-refractivity contribution >= 4 is 21.1 Å². The molecule has 0 radical (unpaired) electrons. The second-order valence-corrected chi connectivity index (χ2v) is 7.18. The largest absolute Gasteiger partial charge is 0.534 e. The zero-order valence-corrected chi connectivity index (χ0v) is 13.9. The molecule has 1 aliphatic heterocycles. The predicted octanol–water partition coefficient (Wildman–Crippen LogP) is 3.14. The van der Waals surface area contributed by atoms with Crippen LogP contribution in [0.2, 0.25) is 0 Å². The number of ether oxygens (including phenoxy) is 1. The molecule has 1 saturated heterocycles. The summed E-state index contributed by atoms with van der Waals surface area (Å²) in [5, 5.41) is 0.111. The van der Waals surface area contributed by atoms with Gasteiger partial charge in [0, 0.05) is 12.6 Å². The van der Waals surface area contributed by atoms with Crippen molar-refractivity contribution in [2.45, 2.75) is 18.3 Å². The summed E-state index contributed by atoms with van der Waals surface area (Å²) < 4.78 is 74.1. The van der Waals surface area contributed by atoms with E-state index in [9.17, 15) is 21.6 Å². The van der Waals surface area contributed by atoms with Crippen molar-refractivity contribution in [3.8, 4) is 11.5 Å². The number of benzene rings is 1. The summed E-state index contributed by atoms with van der Waals surface area (Å²) in [4.78, 5) is 2.28. The third-order valence-electron chi connectivity index (χ3n) is 3.87. The fourth-order valence-electron chi connectivity index (χ4n) is 2.60. The Morgan fingerprint density at radius 1 is 1.20 bits per heavy atom. The van der Waals surface area contributed by atoms with E-state index in [2.05, 4.69) is 9.08 Å². The van der Waals surface area contributed by atoms with Crippen LogP contribution in [0.15, 0.2) is 28.9 Å². The lowest BCUT2D eigenvalue weighted by atomic mass is 10.2. The van der Waals surface area contributed by atoms with Crippen LogP contribution >= 0.6 is 0 Å². The number of alkyl halides is 3. The number of likely N-dealkylation sites (tertiary alicyclic amines) is 1. The molecule has 0 bridgehead atoms. The first kappa shape index (κ1) is 17.9. The minimum absolute atomic E-state index is 0.111. The summed E-state index contributed by atoms with van der Waals surface area (Å²) in [5.41, 5.74) is -5.33. The van der Waals surface area contributed by atoms with Gasteiger partial charge in [-0.3, -0.25) is 4.90 Å². The fraction of sp³-hybridized carbons (Fsp3) is 0.467. The lowest BCUT2D eigenvalue weighted by Gasteiger charge is -2.14. The van der Waals surface area contributed by atoms with Crippen molar-refractivity contribution in [2.24, 2.45) is 0 Å². The van der Waals surface area contributed by atoms with Gasteiger partial charge in [-0.15, -0.1) is 0 Å². The topological polar surface area (TPSA) is 69.0 Å². The third kappa shape index (κ3) is 4.01. The van der Waals surface area contributed by atoms with E-state index in [-0.39, 0.29) is 11.0 Å². The van der Waals surface area contributed by atoms with Gasteiger partial charge in [0.2, 0.25) is 0 Å². The van der Waals surface area contributed by atoms with E-state index in [4.69, 9.17) is 9.15 Å². The molecule has 10 heteroatoms. The lowest BCUT2D eigenvalue weighted by Crippen LogP contribution is -2.27. The van der Waals surface area contributed by atoms with Crippen molar-refractivity contribution in [1.82, 2.24) is 4.90 Å². The van der Waals surface area contributed by atoms with Gasteiger partial charge in [-0.2, -0.15) is 21.6 Å². The highest BCUT2D eigenvalue weighted by molar-refractivity contribution is 7.88. The summed E-state index contributed by atoms with van der Waals surface area (Å²) in [5.74, 6) is -0.0396. The van der Waals surface area contributed by atoms with Crippen LogP contribution in [-0.2, 0) is 10.1 Å². The molecule has 6 nitrogen and oxygen atoms in total. The molecule has 138 valence electrons. The molecule has 0 aliphatic carbocycles. The average Bonchev–Trinajstić information content (AvgIpc) is 3.16. The van der Waals surface area contributed by atoms with Gasteiger partial charge < -0.3 is 13.3 Å². The minimum atomic E-state index is -5.74. The SMILES string of the molecule is O=S(=O)(Oc1coc2cc(OCCN3CCCC3)ccc12)C(F)(F)F. The second kappa shape index (κ2) is 6.75. The molecule has 2 aromatic rings. The van der Waals surface area contributed by atoms with Crippen molar-refractivity contribution in [1.29, 1.82) is 0 Å². The van der Waals surface area contributed by atoms with Crippen molar-refractivity contribution in [3.05, 3.63) is 24.5 Å². The van der Waals surface area contributed by atoms with Crippen LogP contribution in [0.1, 0.15) is 12.8 Å². The number of nitrogens with zero attached hydrogens (tertiary/aromatic N) is 1. The number of furan rings is 1. The summed E-state index contributed by atoms with van der Waals surface area (Å²) in [6, 6.07) is 4.40.